The minimum Gasteiger partial charge on any atom is -0.465 e. The number of ether oxygens (including phenoxy) is 1. The van der Waals surface area contributed by atoms with Gasteiger partial charge in [-0.1, -0.05) is 78.9 Å². The fourth-order valence-corrected chi connectivity index (χ4v) is 4.57. The molecule has 4 aromatic carbocycles. The molecule has 1 amide bonds. The van der Waals surface area contributed by atoms with E-state index in [1.165, 1.54) is 12.7 Å². The minimum atomic E-state index is -0.352. The Morgan fingerprint density at radius 1 is 0.879 bits per heavy atom. The average molecular weight is 436 g/mol. The molecule has 33 heavy (non-hydrogen) atoms. The molecular weight excluding hydrogens is 410 g/mol. The van der Waals surface area contributed by atoms with Gasteiger partial charge in [-0.05, 0) is 57.5 Å². The number of amides is 1. The van der Waals surface area contributed by atoms with Gasteiger partial charge in [0, 0.05) is 12.5 Å². The van der Waals surface area contributed by atoms with E-state index in [4.69, 9.17) is 4.74 Å². The summed E-state index contributed by atoms with van der Waals surface area (Å²) in [4.78, 5) is 24.7. The van der Waals surface area contributed by atoms with Crippen LogP contribution >= 0.6 is 0 Å². The number of hydrogen-bond donors (Lipinski definition) is 1. The van der Waals surface area contributed by atoms with Gasteiger partial charge in [0.25, 0.3) is 0 Å². The first-order valence-electron chi connectivity index (χ1n) is 11.2. The number of esters is 1. The Bertz CT molecular complexity index is 1330. The Hall–Kier alpha value is -3.92. The summed E-state index contributed by atoms with van der Waals surface area (Å²) < 4.78 is 4.87. The Kier molecular flexibility index (Phi) is 5.66. The molecule has 1 aliphatic carbocycles. The number of nitrogens with one attached hydrogen (secondary N) is 1. The van der Waals surface area contributed by atoms with Crippen LogP contribution in [0.4, 0.5) is 0 Å². The first-order chi connectivity index (χ1) is 16.2. The van der Waals surface area contributed by atoms with Crippen molar-refractivity contribution in [2.75, 3.05) is 7.11 Å². The Balaban J connectivity index is 1.37. The third-order valence-corrected chi connectivity index (χ3v) is 6.42. The highest BCUT2D eigenvalue weighted by Gasteiger charge is 2.43. The van der Waals surface area contributed by atoms with Gasteiger partial charge < -0.3 is 10.1 Å². The summed E-state index contributed by atoms with van der Waals surface area (Å²) in [6.07, 6.45) is 0.909. The van der Waals surface area contributed by atoms with Crippen molar-refractivity contribution in [2.24, 2.45) is 5.92 Å². The van der Waals surface area contributed by atoms with Crippen molar-refractivity contribution in [1.82, 2.24) is 5.32 Å². The van der Waals surface area contributed by atoms with E-state index in [2.05, 4.69) is 41.7 Å². The second-order valence-electron chi connectivity index (χ2n) is 8.47. The number of hydrogen-bond acceptors (Lipinski definition) is 3. The van der Waals surface area contributed by atoms with Gasteiger partial charge in [0.1, 0.15) is 0 Å². The van der Waals surface area contributed by atoms with Crippen molar-refractivity contribution in [2.45, 2.75) is 18.9 Å². The quantitative estimate of drug-likeness (QED) is 0.395. The number of carbonyl (C=O) groups excluding carboxylic acids is 2. The first-order valence-corrected chi connectivity index (χ1v) is 11.2. The van der Waals surface area contributed by atoms with Gasteiger partial charge >= 0.3 is 5.97 Å². The molecule has 4 aromatic rings. The lowest BCUT2D eigenvalue weighted by molar-refractivity contribution is -0.122. The number of benzene rings is 4. The molecule has 0 aliphatic heterocycles. The van der Waals surface area contributed by atoms with Crippen molar-refractivity contribution in [3.05, 3.63) is 108 Å². The molecule has 4 heteroatoms. The van der Waals surface area contributed by atoms with Crippen LogP contribution in [0.5, 0.6) is 0 Å². The molecular formula is C29H25NO3. The van der Waals surface area contributed by atoms with E-state index >= 15 is 0 Å². The fraction of sp³-hybridized carbons (Fsp3) is 0.172. The number of carbonyl (C=O) groups is 2. The molecule has 1 saturated carbocycles. The molecule has 0 aromatic heterocycles. The third kappa shape index (κ3) is 4.24. The number of fused-ring (bicyclic) bond motifs is 1. The average Bonchev–Trinajstić information content (AvgIpc) is 3.68. The van der Waals surface area contributed by atoms with Crippen LogP contribution in [0.1, 0.15) is 33.8 Å². The molecule has 1 fully saturated rings. The molecule has 0 spiro atoms. The summed E-state index contributed by atoms with van der Waals surface area (Å²) in [6.45, 7) is 0.486. The van der Waals surface area contributed by atoms with Crippen molar-refractivity contribution in [1.29, 1.82) is 0 Å². The van der Waals surface area contributed by atoms with Gasteiger partial charge in [0.15, 0.2) is 0 Å². The Morgan fingerprint density at radius 3 is 2.42 bits per heavy atom. The van der Waals surface area contributed by atoms with Crippen molar-refractivity contribution >= 4 is 22.6 Å². The van der Waals surface area contributed by atoms with Crippen LogP contribution in [0.15, 0.2) is 91.0 Å². The van der Waals surface area contributed by atoms with Crippen molar-refractivity contribution < 1.29 is 14.3 Å². The molecule has 0 bridgehead atoms. The van der Waals surface area contributed by atoms with Gasteiger partial charge in [-0.2, -0.15) is 0 Å². The van der Waals surface area contributed by atoms with Crippen LogP contribution in [0, 0.1) is 5.92 Å². The van der Waals surface area contributed by atoms with Crippen LogP contribution < -0.4 is 5.32 Å². The number of rotatable bonds is 6. The Morgan fingerprint density at radius 2 is 1.64 bits per heavy atom. The van der Waals surface area contributed by atoms with Crippen LogP contribution in [0.3, 0.4) is 0 Å². The lowest BCUT2D eigenvalue weighted by Gasteiger charge is -2.13. The van der Waals surface area contributed by atoms with Crippen LogP contribution in [0.2, 0.25) is 0 Å². The molecule has 164 valence electrons. The third-order valence-electron chi connectivity index (χ3n) is 6.42. The predicted octanol–water partition coefficient (Wildman–Crippen LogP) is 5.71. The summed E-state index contributed by atoms with van der Waals surface area (Å²) >= 11 is 0. The molecule has 0 unspecified atom stereocenters. The van der Waals surface area contributed by atoms with E-state index in [0.717, 1.165) is 33.9 Å². The largest absolute Gasteiger partial charge is 0.465 e. The molecule has 0 heterocycles. The van der Waals surface area contributed by atoms with Gasteiger partial charge in [0.05, 0.1) is 12.7 Å². The van der Waals surface area contributed by atoms with E-state index in [0.29, 0.717) is 18.0 Å². The Labute approximate surface area is 193 Å². The molecule has 4 nitrogen and oxygen atoms in total. The summed E-state index contributed by atoms with van der Waals surface area (Å²) in [7, 11) is 1.39. The highest BCUT2D eigenvalue weighted by atomic mass is 16.5. The maximum Gasteiger partial charge on any atom is 0.337 e. The summed E-state index contributed by atoms with van der Waals surface area (Å²) in [6, 6.07) is 30.0. The summed E-state index contributed by atoms with van der Waals surface area (Å²) in [5, 5.41) is 5.32. The van der Waals surface area contributed by atoms with E-state index in [1.54, 1.807) is 6.07 Å². The number of methoxy groups -OCH3 is 1. The highest BCUT2D eigenvalue weighted by molar-refractivity contribution is 6.00. The lowest BCUT2D eigenvalue weighted by atomic mass is 9.94. The van der Waals surface area contributed by atoms with Gasteiger partial charge in [-0.25, -0.2) is 4.79 Å². The van der Waals surface area contributed by atoms with Crippen LogP contribution in [-0.4, -0.2) is 19.0 Å². The van der Waals surface area contributed by atoms with E-state index < -0.39 is 0 Å². The molecule has 1 aliphatic rings. The smallest absolute Gasteiger partial charge is 0.337 e. The van der Waals surface area contributed by atoms with Crippen LogP contribution in [0.25, 0.3) is 21.9 Å². The maximum absolute atomic E-state index is 12.8. The van der Waals surface area contributed by atoms with E-state index in [-0.39, 0.29) is 17.8 Å². The summed E-state index contributed by atoms with van der Waals surface area (Å²) in [5.41, 5.74) is 4.82. The van der Waals surface area contributed by atoms with Crippen molar-refractivity contribution in [3.8, 4) is 11.1 Å². The van der Waals surface area contributed by atoms with Gasteiger partial charge in [0.2, 0.25) is 5.91 Å². The first kappa shape index (κ1) is 21.0. The SMILES string of the molecule is COC(=O)c1cccc(-c2ccc(CNC(=O)[C@@H]3C[C@H]3c3ccccc3)c3ccccc23)c1. The zero-order valence-corrected chi connectivity index (χ0v) is 18.5. The minimum absolute atomic E-state index is 0.0546. The van der Waals surface area contributed by atoms with Crippen molar-refractivity contribution in [3.63, 3.8) is 0 Å². The van der Waals surface area contributed by atoms with Crippen LogP contribution in [-0.2, 0) is 16.1 Å². The fourth-order valence-electron chi connectivity index (χ4n) is 4.57. The second-order valence-corrected chi connectivity index (χ2v) is 8.47. The molecule has 2 atom stereocenters. The standard InChI is InChI=1S/C29H25NO3/c1-33-29(32)21-11-7-10-20(16-21)24-15-14-22(23-12-5-6-13-25(23)24)18-30-28(31)27-17-26(27)19-8-3-2-4-9-19/h2-16,26-27H,17-18H2,1H3,(H,30,31)/t26-,27+/m0/s1. The molecule has 5 rings (SSSR count). The predicted molar refractivity (Wildman–Crippen MR) is 130 cm³/mol. The normalized spacial score (nSPS) is 16.9. The molecule has 1 N–H and O–H groups in total. The maximum atomic E-state index is 12.8. The highest BCUT2D eigenvalue weighted by Crippen LogP contribution is 2.47. The zero-order chi connectivity index (χ0) is 22.8. The lowest BCUT2D eigenvalue weighted by Crippen LogP contribution is -2.25. The van der Waals surface area contributed by atoms with E-state index in [1.807, 2.05) is 48.5 Å². The second kappa shape index (κ2) is 8.91. The topological polar surface area (TPSA) is 55.4 Å². The zero-order valence-electron chi connectivity index (χ0n) is 18.5. The van der Waals surface area contributed by atoms with Gasteiger partial charge in [-0.15, -0.1) is 0 Å². The van der Waals surface area contributed by atoms with E-state index in [9.17, 15) is 9.59 Å². The molecule has 0 radical (unpaired) electrons. The molecule has 0 saturated heterocycles. The van der Waals surface area contributed by atoms with Gasteiger partial charge in [-0.3, -0.25) is 4.79 Å². The summed E-state index contributed by atoms with van der Waals surface area (Å²) in [5.74, 6) is 0.142. The monoisotopic (exact) mass is 435 g/mol.